The first-order valence-corrected chi connectivity index (χ1v) is 11.5. The standard InChI is InChI=1S/C23H23N3O4S2/c1-15-5-4-6-16(2)21(15)26-32(28,29)20-13-9-18(10-14-20)24-23(31)25-22(27)17-7-11-19(30-3)12-8-17/h4-14,26H,1-3H3,(H2,24,25,27,31). The van der Waals surface area contributed by atoms with Crippen LogP contribution >= 0.6 is 12.2 Å². The van der Waals surface area contributed by atoms with E-state index < -0.39 is 10.0 Å². The molecule has 0 radical (unpaired) electrons. The Hall–Kier alpha value is -3.43. The summed E-state index contributed by atoms with van der Waals surface area (Å²) in [4.78, 5) is 12.4. The molecule has 166 valence electrons. The SMILES string of the molecule is COc1ccc(C(=O)NC(=S)Nc2ccc(S(=O)(=O)Nc3c(C)cccc3C)cc2)cc1. The van der Waals surface area contributed by atoms with Gasteiger partial charge in [0, 0.05) is 11.3 Å². The maximum absolute atomic E-state index is 12.8. The van der Waals surface area contributed by atoms with Crippen molar-refractivity contribution in [2.75, 3.05) is 17.1 Å². The van der Waals surface area contributed by atoms with E-state index in [4.69, 9.17) is 17.0 Å². The van der Waals surface area contributed by atoms with Crippen molar-refractivity contribution in [1.29, 1.82) is 0 Å². The Kier molecular flexibility index (Phi) is 7.12. The highest BCUT2D eigenvalue weighted by Crippen LogP contribution is 2.24. The van der Waals surface area contributed by atoms with Crippen LogP contribution in [0.2, 0.25) is 0 Å². The van der Waals surface area contributed by atoms with Gasteiger partial charge in [-0.2, -0.15) is 0 Å². The van der Waals surface area contributed by atoms with E-state index in [1.807, 2.05) is 32.0 Å². The van der Waals surface area contributed by atoms with Crippen LogP contribution in [0.15, 0.2) is 71.6 Å². The topological polar surface area (TPSA) is 96.5 Å². The lowest BCUT2D eigenvalue weighted by Gasteiger charge is -2.14. The summed E-state index contributed by atoms with van der Waals surface area (Å²) >= 11 is 5.18. The number of amides is 1. The van der Waals surface area contributed by atoms with Crippen LogP contribution in [-0.4, -0.2) is 26.5 Å². The number of hydrogen-bond donors (Lipinski definition) is 3. The third kappa shape index (κ3) is 5.63. The molecule has 3 rings (SSSR count). The summed E-state index contributed by atoms with van der Waals surface area (Å²) in [7, 11) is -2.21. The summed E-state index contributed by atoms with van der Waals surface area (Å²) < 4.78 is 33.2. The van der Waals surface area contributed by atoms with Gasteiger partial charge in [-0.15, -0.1) is 0 Å². The molecule has 3 aromatic rings. The first-order chi connectivity index (χ1) is 15.2. The number of carbonyl (C=O) groups excluding carboxylic acids is 1. The molecule has 0 fully saturated rings. The minimum absolute atomic E-state index is 0.0927. The van der Waals surface area contributed by atoms with Crippen molar-refractivity contribution in [3.8, 4) is 5.75 Å². The largest absolute Gasteiger partial charge is 0.497 e. The number of thiocarbonyl (C=S) groups is 1. The number of rotatable bonds is 6. The van der Waals surface area contributed by atoms with Crippen LogP contribution in [0, 0.1) is 13.8 Å². The van der Waals surface area contributed by atoms with Gasteiger partial charge in [-0.05, 0) is 85.7 Å². The predicted molar refractivity (Wildman–Crippen MR) is 130 cm³/mol. The molecule has 3 aromatic carbocycles. The normalized spacial score (nSPS) is 10.8. The highest BCUT2D eigenvalue weighted by Gasteiger charge is 2.16. The molecule has 0 spiro atoms. The van der Waals surface area contributed by atoms with Crippen molar-refractivity contribution in [3.63, 3.8) is 0 Å². The minimum atomic E-state index is -3.75. The first kappa shape index (κ1) is 23.2. The van der Waals surface area contributed by atoms with E-state index >= 15 is 0 Å². The summed E-state index contributed by atoms with van der Waals surface area (Å²) in [5.74, 6) is 0.270. The number of carbonyl (C=O) groups is 1. The van der Waals surface area contributed by atoms with Crippen molar-refractivity contribution >= 4 is 44.6 Å². The van der Waals surface area contributed by atoms with E-state index in [9.17, 15) is 13.2 Å². The molecule has 0 aliphatic rings. The number of nitrogens with one attached hydrogen (secondary N) is 3. The summed E-state index contributed by atoms with van der Waals surface area (Å²) in [6.07, 6.45) is 0. The van der Waals surface area contributed by atoms with Crippen LogP contribution in [0.1, 0.15) is 21.5 Å². The molecular weight excluding hydrogens is 446 g/mol. The number of para-hydroxylation sites is 1. The van der Waals surface area contributed by atoms with Crippen molar-refractivity contribution in [2.45, 2.75) is 18.7 Å². The van der Waals surface area contributed by atoms with Gasteiger partial charge in [-0.25, -0.2) is 8.42 Å². The predicted octanol–water partition coefficient (Wildman–Crippen LogP) is 4.24. The molecule has 7 nitrogen and oxygen atoms in total. The van der Waals surface area contributed by atoms with Gasteiger partial charge in [0.2, 0.25) is 0 Å². The van der Waals surface area contributed by atoms with Crippen molar-refractivity contribution < 1.29 is 17.9 Å². The van der Waals surface area contributed by atoms with Crippen LogP contribution in [0.4, 0.5) is 11.4 Å². The fourth-order valence-corrected chi connectivity index (χ4v) is 4.38. The van der Waals surface area contributed by atoms with Gasteiger partial charge in [0.1, 0.15) is 5.75 Å². The number of hydrogen-bond acceptors (Lipinski definition) is 5. The molecule has 0 saturated carbocycles. The molecule has 0 heterocycles. The monoisotopic (exact) mass is 469 g/mol. The molecule has 3 N–H and O–H groups in total. The maximum atomic E-state index is 12.8. The molecule has 0 unspecified atom stereocenters. The lowest BCUT2D eigenvalue weighted by molar-refractivity contribution is 0.0977. The second-order valence-corrected chi connectivity index (χ2v) is 9.12. The molecule has 0 saturated heterocycles. The summed E-state index contributed by atoms with van der Waals surface area (Å²) in [5.41, 5.74) is 3.21. The Bertz CT molecular complexity index is 1220. The molecule has 9 heteroatoms. The third-order valence-electron chi connectivity index (χ3n) is 4.72. The third-order valence-corrected chi connectivity index (χ3v) is 6.29. The summed E-state index contributed by atoms with van der Waals surface area (Å²) in [5, 5.41) is 5.55. The van der Waals surface area contributed by atoms with Crippen LogP contribution in [0.25, 0.3) is 0 Å². The molecule has 0 atom stereocenters. The molecule has 0 aliphatic heterocycles. The van der Waals surface area contributed by atoms with Crippen LogP contribution < -0.4 is 20.1 Å². The van der Waals surface area contributed by atoms with E-state index in [1.165, 1.54) is 12.1 Å². The Morgan fingerprint density at radius 1 is 0.906 bits per heavy atom. The molecule has 32 heavy (non-hydrogen) atoms. The van der Waals surface area contributed by atoms with Gasteiger partial charge in [-0.3, -0.25) is 14.8 Å². The van der Waals surface area contributed by atoms with E-state index in [-0.39, 0.29) is 15.9 Å². The molecule has 0 aromatic heterocycles. The molecule has 0 bridgehead atoms. The van der Waals surface area contributed by atoms with Gasteiger partial charge < -0.3 is 10.1 Å². The van der Waals surface area contributed by atoms with E-state index in [1.54, 1.807) is 43.5 Å². The fraction of sp³-hybridized carbons (Fsp3) is 0.130. The van der Waals surface area contributed by atoms with Gasteiger partial charge in [0.05, 0.1) is 17.7 Å². The van der Waals surface area contributed by atoms with E-state index in [0.29, 0.717) is 22.7 Å². The van der Waals surface area contributed by atoms with Crippen molar-refractivity contribution in [2.24, 2.45) is 0 Å². The second kappa shape index (κ2) is 9.80. The van der Waals surface area contributed by atoms with E-state index in [2.05, 4.69) is 15.4 Å². The molecule has 1 amide bonds. The summed E-state index contributed by atoms with van der Waals surface area (Å²) in [6.45, 7) is 3.69. The average molecular weight is 470 g/mol. The van der Waals surface area contributed by atoms with Gasteiger partial charge >= 0.3 is 0 Å². The lowest BCUT2D eigenvalue weighted by atomic mass is 10.1. The number of methoxy groups -OCH3 is 1. The highest BCUT2D eigenvalue weighted by molar-refractivity contribution is 7.92. The number of anilines is 2. The lowest BCUT2D eigenvalue weighted by Crippen LogP contribution is -2.34. The Morgan fingerprint density at radius 2 is 1.50 bits per heavy atom. The number of aryl methyl sites for hydroxylation is 2. The van der Waals surface area contributed by atoms with Gasteiger partial charge in [0.15, 0.2) is 5.11 Å². The zero-order valence-corrected chi connectivity index (χ0v) is 19.4. The second-order valence-electron chi connectivity index (χ2n) is 7.03. The molecular formula is C23H23N3O4S2. The van der Waals surface area contributed by atoms with Crippen LogP contribution in [0.5, 0.6) is 5.75 Å². The first-order valence-electron chi connectivity index (χ1n) is 9.65. The van der Waals surface area contributed by atoms with Crippen molar-refractivity contribution in [1.82, 2.24) is 5.32 Å². The Balaban J connectivity index is 1.64. The smallest absolute Gasteiger partial charge is 0.261 e. The number of benzene rings is 3. The average Bonchev–Trinajstić information content (AvgIpc) is 2.77. The quantitative estimate of drug-likeness (QED) is 0.468. The minimum Gasteiger partial charge on any atom is -0.497 e. The zero-order chi connectivity index (χ0) is 23.3. The summed E-state index contributed by atoms with van der Waals surface area (Å²) in [6, 6.07) is 18.2. The highest BCUT2D eigenvalue weighted by atomic mass is 32.2. The molecule has 0 aliphatic carbocycles. The van der Waals surface area contributed by atoms with Gasteiger partial charge in [-0.1, -0.05) is 18.2 Å². The number of ether oxygens (including phenoxy) is 1. The fourth-order valence-electron chi connectivity index (χ4n) is 2.97. The van der Waals surface area contributed by atoms with Gasteiger partial charge in [0.25, 0.3) is 15.9 Å². The Morgan fingerprint density at radius 3 is 2.06 bits per heavy atom. The maximum Gasteiger partial charge on any atom is 0.261 e. The van der Waals surface area contributed by atoms with E-state index in [0.717, 1.165) is 11.1 Å². The number of sulfonamides is 1. The van der Waals surface area contributed by atoms with Crippen LogP contribution in [0.3, 0.4) is 0 Å². The Labute approximate surface area is 192 Å². The van der Waals surface area contributed by atoms with Crippen molar-refractivity contribution in [3.05, 3.63) is 83.4 Å². The van der Waals surface area contributed by atoms with Crippen LogP contribution in [-0.2, 0) is 10.0 Å². The zero-order valence-electron chi connectivity index (χ0n) is 17.8.